The Balaban J connectivity index is 3.11. The van der Waals surface area contributed by atoms with Crippen LogP contribution in [0.2, 0.25) is 0 Å². The summed E-state index contributed by atoms with van der Waals surface area (Å²) < 4.78 is 5.23. The van der Waals surface area contributed by atoms with E-state index in [1.54, 1.807) is 19.1 Å². The molecule has 1 rings (SSSR count). The summed E-state index contributed by atoms with van der Waals surface area (Å²) in [4.78, 5) is 19.6. The summed E-state index contributed by atoms with van der Waals surface area (Å²) in [7, 11) is 7.52. The Kier molecular flexibility index (Phi) is 4.31. The maximum Gasteiger partial charge on any atom is 0.338 e. The molecule has 1 aromatic rings. The van der Waals surface area contributed by atoms with Gasteiger partial charge in [0, 0.05) is 45.9 Å². The lowest BCUT2D eigenvalue weighted by Crippen LogP contribution is -2.16. The molecule has 0 aliphatic rings. The number of hydrogen-bond acceptors (Lipinski definition) is 5. The molecule has 0 bridgehead atoms. The second-order valence-electron chi connectivity index (χ2n) is 4.48. The zero-order valence-electron chi connectivity index (χ0n) is 11.5. The van der Waals surface area contributed by atoms with Crippen LogP contribution in [0.3, 0.4) is 0 Å². The minimum absolute atomic E-state index is 0.365. The Morgan fingerprint density at radius 2 is 1.61 bits per heavy atom. The van der Waals surface area contributed by atoms with E-state index in [1.807, 2.05) is 38.0 Å². The normalized spacial score (nSPS) is 9.83. The molecule has 0 saturated heterocycles. The second-order valence-corrected chi connectivity index (χ2v) is 4.48. The number of esters is 1. The maximum absolute atomic E-state index is 11.5. The lowest BCUT2D eigenvalue weighted by molar-refractivity contribution is -0.130. The average molecular weight is 249 g/mol. The molecule has 0 radical (unpaired) electrons. The van der Waals surface area contributed by atoms with E-state index in [1.165, 1.54) is 0 Å². The van der Waals surface area contributed by atoms with E-state index < -0.39 is 5.97 Å². The molecule has 98 valence electrons. The molecule has 5 nitrogen and oxygen atoms in total. The van der Waals surface area contributed by atoms with Crippen LogP contribution in [0.4, 0.5) is 11.6 Å². The highest BCUT2D eigenvalue weighted by Gasteiger charge is 2.10. The van der Waals surface area contributed by atoms with Crippen molar-refractivity contribution in [1.29, 1.82) is 0 Å². The molecule has 0 atom stereocenters. The summed E-state index contributed by atoms with van der Waals surface area (Å²) in [6.07, 6.45) is 0. The van der Waals surface area contributed by atoms with Crippen LogP contribution in [0.25, 0.3) is 0 Å². The Labute approximate surface area is 108 Å². The van der Waals surface area contributed by atoms with E-state index in [4.69, 9.17) is 4.74 Å². The molecule has 0 amide bonds. The van der Waals surface area contributed by atoms with Gasteiger partial charge in [0.25, 0.3) is 0 Å². The summed E-state index contributed by atoms with van der Waals surface area (Å²) in [6.45, 7) is 5.17. The van der Waals surface area contributed by atoms with Gasteiger partial charge < -0.3 is 14.5 Å². The van der Waals surface area contributed by atoms with Crippen molar-refractivity contribution in [2.75, 3.05) is 38.0 Å². The third kappa shape index (κ3) is 3.48. The minimum atomic E-state index is -0.435. The number of anilines is 2. The van der Waals surface area contributed by atoms with Crippen LogP contribution in [0.1, 0.15) is 6.92 Å². The molecule has 1 heterocycles. The van der Waals surface area contributed by atoms with Crippen LogP contribution in [0, 0.1) is 0 Å². The van der Waals surface area contributed by atoms with Crippen LogP contribution in [0.15, 0.2) is 24.3 Å². The lowest BCUT2D eigenvalue weighted by atomic mass is 10.3. The monoisotopic (exact) mass is 249 g/mol. The highest BCUT2D eigenvalue weighted by atomic mass is 16.5. The Morgan fingerprint density at radius 3 is 1.94 bits per heavy atom. The SMILES string of the molecule is C=C(C)C(=O)Oc1cc(N(C)C)nc(N(C)C)c1. The highest BCUT2D eigenvalue weighted by molar-refractivity contribution is 5.89. The summed E-state index contributed by atoms with van der Waals surface area (Å²) in [5, 5.41) is 0. The molecule has 0 aliphatic heterocycles. The van der Waals surface area contributed by atoms with E-state index in [0.29, 0.717) is 11.3 Å². The molecule has 0 spiro atoms. The number of nitrogens with zero attached hydrogens (tertiary/aromatic N) is 3. The maximum atomic E-state index is 11.5. The quantitative estimate of drug-likeness (QED) is 0.600. The van der Waals surface area contributed by atoms with Gasteiger partial charge in [-0.3, -0.25) is 0 Å². The number of carbonyl (C=O) groups is 1. The van der Waals surface area contributed by atoms with Crippen molar-refractivity contribution in [1.82, 2.24) is 4.98 Å². The van der Waals surface area contributed by atoms with Gasteiger partial charge in [-0.1, -0.05) is 6.58 Å². The second kappa shape index (κ2) is 5.53. The number of hydrogen-bond donors (Lipinski definition) is 0. The van der Waals surface area contributed by atoms with Gasteiger partial charge in [-0.25, -0.2) is 9.78 Å². The van der Waals surface area contributed by atoms with Crippen LogP contribution in [-0.4, -0.2) is 39.1 Å². The molecule has 0 aliphatic carbocycles. The van der Waals surface area contributed by atoms with Gasteiger partial charge in [0.2, 0.25) is 0 Å². The van der Waals surface area contributed by atoms with Crippen LogP contribution >= 0.6 is 0 Å². The Hall–Kier alpha value is -2.04. The van der Waals surface area contributed by atoms with Crippen molar-refractivity contribution >= 4 is 17.6 Å². The largest absolute Gasteiger partial charge is 0.423 e. The van der Waals surface area contributed by atoms with Crippen molar-refractivity contribution in [2.45, 2.75) is 6.92 Å². The summed E-state index contributed by atoms with van der Waals surface area (Å²) in [5.41, 5.74) is 0.365. The zero-order valence-corrected chi connectivity index (χ0v) is 11.5. The molecule has 0 N–H and O–H groups in total. The number of carbonyl (C=O) groups excluding carboxylic acids is 1. The predicted octanol–water partition coefficient (Wildman–Crippen LogP) is 1.70. The summed E-state index contributed by atoms with van der Waals surface area (Å²) in [6, 6.07) is 3.43. The number of pyridine rings is 1. The first-order chi connectivity index (χ1) is 8.31. The van der Waals surface area contributed by atoms with E-state index >= 15 is 0 Å². The van der Waals surface area contributed by atoms with Gasteiger partial charge in [0.1, 0.15) is 17.4 Å². The van der Waals surface area contributed by atoms with Crippen molar-refractivity contribution < 1.29 is 9.53 Å². The first kappa shape index (κ1) is 14.0. The molecule has 0 aromatic carbocycles. The third-order valence-corrected chi connectivity index (χ3v) is 2.25. The Morgan fingerprint density at radius 1 is 1.17 bits per heavy atom. The standard InChI is InChI=1S/C13H19N3O2/c1-9(2)13(17)18-10-7-11(15(3)4)14-12(8-10)16(5)6/h7-8H,1H2,2-6H3. The molecular formula is C13H19N3O2. The molecule has 1 aromatic heterocycles. The van der Waals surface area contributed by atoms with Crippen LogP contribution in [0.5, 0.6) is 5.75 Å². The molecular weight excluding hydrogens is 230 g/mol. The number of aromatic nitrogens is 1. The van der Waals surface area contributed by atoms with Gasteiger partial charge in [-0.15, -0.1) is 0 Å². The first-order valence-corrected chi connectivity index (χ1v) is 5.55. The molecule has 0 saturated carbocycles. The fourth-order valence-electron chi connectivity index (χ4n) is 1.19. The molecule has 0 fully saturated rings. The molecule has 18 heavy (non-hydrogen) atoms. The smallest absolute Gasteiger partial charge is 0.338 e. The summed E-state index contributed by atoms with van der Waals surface area (Å²) >= 11 is 0. The minimum Gasteiger partial charge on any atom is -0.423 e. The average Bonchev–Trinajstić information content (AvgIpc) is 2.28. The Bertz CT molecular complexity index is 441. The van der Waals surface area contributed by atoms with Gasteiger partial charge >= 0.3 is 5.97 Å². The zero-order chi connectivity index (χ0) is 13.9. The number of ether oxygens (including phenoxy) is 1. The van der Waals surface area contributed by atoms with Crippen molar-refractivity contribution in [2.24, 2.45) is 0 Å². The van der Waals surface area contributed by atoms with Gasteiger partial charge in [0.05, 0.1) is 0 Å². The van der Waals surface area contributed by atoms with Gasteiger partial charge in [0.15, 0.2) is 0 Å². The van der Waals surface area contributed by atoms with Crippen LogP contribution in [-0.2, 0) is 4.79 Å². The fourth-order valence-corrected chi connectivity index (χ4v) is 1.19. The third-order valence-electron chi connectivity index (χ3n) is 2.25. The topological polar surface area (TPSA) is 45.7 Å². The van der Waals surface area contributed by atoms with Crippen molar-refractivity contribution in [3.05, 3.63) is 24.3 Å². The van der Waals surface area contributed by atoms with E-state index in [-0.39, 0.29) is 0 Å². The van der Waals surface area contributed by atoms with E-state index in [0.717, 1.165) is 11.6 Å². The first-order valence-electron chi connectivity index (χ1n) is 5.55. The number of rotatable bonds is 4. The van der Waals surface area contributed by atoms with E-state index in [9.17, 15) is 4.79 Å². The van der Waals surface area contributed by atoms with Gasteiger partial charge in [-0.2, -0.15) is 0 Å². The summed E-state index contributed by atoms with van der Waals surface area (Å²) in [5.74, 6) is 1.48. The highest BCUT2D eigenvalue weighted by Crippen LogP contribution is 2.24. The lowest BCUT2D eigenvalue weighted by Gasteiger charge is -2.18. The van der Waals surface area contributed by atoms with E-state index in [2.05, 4.69) is 11.6 Å². The van der Waals surface area contributed by atoms with Crippen LogP contribution < -0.4 is 14.5 Å². The predicted molar refractivity (Wildman–Crippen MR) is 73.3 cm³/mol. The molecule has 5 heteroatoms. The fraction of sp³-hybridized carbons (Fsp3) is 0.385. The van der Waals surface area contributed by atoms with Crippen molar-refractivity contribution in [3.63, 3.8) is 0 Å². The van der Waals surface area contributed by atoms with Gasteiger partial charge in [-0.05, 0) is 6.92 Å². The van der Waals surface area contributed by atoms with Crippen molar-refractivity contribution in [3.8, 4) is 5.75 Å². The molecule has 0 unspecified atom stereocenters.